The number of rotatable bonds is 45. The molecule has 0 aliphatic carbocycles. The van der Waals surface area contributed by atoms with E-state index in [1.165, 1.54) is 105 Å². The number of likely N-dealkylation sites (tertiary alicyclic amines) is 3. The highest BCUT2D eigenvalue weighted by Crippen LogP contribution is 2.14. The van der Waals surface area contributed by atoms with Crippen molar-refractivity contribution in [1.82, 2.24) is 94.5 Å². The topological polar surface area (TPSA) is 772 Å². The van der Waals surface area contributed by atoms with Gasteiger partial charge in [0, 0.05) is 0 Å². The van der Waals surface area contributed by atoms with Crippen LogP contribution in [-0.2, 0) is 129 Å². The van der Waals surface area contributed by atoms with Crippen LogP contribution in [0.2, 0.25) is 0 Å². The van der Waals surface area contributed by atoms with Gasteiger partial charge in [0.15, 0.2) is 0 Å². The van der Waals surface area contributed by atoms with Gasteiger partial charge in [0.2, 0.25) is 70.9 Å². The lowest BCUT2D eigenvalue weighted by atomic mass is 10.2. The fourth-order valence-corrected chi connectivity index (χ4v) is 8.78. The first kappa shape index (κ1) is 122. The van der Waals surface area contributed by atoms with Crippen molar-refractivity contribution < 1.29 is 160 Å². The third-order valence-electron chi connectivity index (χ3n) is 15.3. The lowest BCUT2D eigenvalue weighted by Gasteiger charge is -2.12. The second-order valence-corrected chi connectivity index (χ2v) is 26.4. The van der Waals surface area contributed by atoms with E-state index in [2.05, 4.69) is 79.8 Å². The summed E-state index contributed by atoms with van der Waals surface area (Å²) in [6.07, 6.45) is -0.994. The fraction of sp³-hybridized carbons (Fsp3) is 0.625. The van der Waals surface area contributed by atoms with Crippen LogP contribution in [0.4, 0.5) is 0 Å². The summed E-state index contributed by atoms with van der Waals surface area (Å²) in [5, 5.41) is 88.3. The van der Waals surface area contributed by atoms with Gasteiger partial charge in [0.1, 0.15) is 70.2 Å². The third kappa shape index (κ3) is 61.6. The largest absolute Gasteiger partial charge is 0.481 e. The predicted molar refractivity (Wildman–Crippen MR) is 427 cm³/mol. The smallest absolute Gasteiger partial charge is 0.321 e. The molecule has 0 bridgehead atoms. The van der Waals surface area contributed by atoms with Gasteiger partial charge in [-0.15, -0.1) is 0 Å². The summed E-state index contributed by atoms with van der Waals surface area (Å²) in [5.41, 5.74) is 0. The van der Waals surface area contributed by atoms with Crippen molar-refractivity contribution in [3.8, 4) is 0 Å². The van der Waals surface area contributed by atoms with Crippen LogP contribution >= 0.6 is 0 Å². The van der Waals surface area contributed by atoms with Crippen molar-refractivity contribution in [3.05, 3.63) is 0 Å². The molecule has 51 heteroatoms. The Kier molecular flexibility index (Phi) is 67.6. The number of nitrogens with one attached hydrogen (secondary N) is 15. The molecule has 0 saturated carbocycles. The number of imide groups is 3. The molecule has 3 saturated heterocycles. The normalized spacial score (nSPS) is 15.3. The number of carboxylic acid groups (broad SMARTS) is 6. The molecule has 9 atom stereocenters. The van der Waals surface area contributed by atoms with E-state index in [1.54, 1.807) is 21.1 Å². The minimum absolute atomic E-state index is 0.0606. The minimum Gasteiger partial charge on any atom is -0.481 e. The van der Waals surface area contributed by atoms with Crippen LogP contribution in [0.25, 0.3) is 0 Å². The Hall–Kier alpha value is -12.3. The van der Waals surface area contributed by atoms with Crippen molar-refractivity contribution in [3.63, 3.8) is 0 Å². The second kappa shape index (κ2) is 68.4. The standard InChI is InChI=1S/6C8H14N2O4.3C8H12N2O3/c3*1-5(11)4-10-8(14)6(9-2)3-7(12)13;3*1-5(11)4-10-7(12)3-6(9-2)8(13)14;3*1-5(11)4-10-7(12)3-6(9-2)8(10)13/h3*6,9H,3-4H2,1-2H3,(H,10,14)(H,12,13);3*6,9H,3-4H2,1-2H3,(H,10,12)(H,13,14);3*6,9H,3-4H2,1-2H3/t2*6-;;2*6-;;2*6-;/m10.10.10./s1. The van der Waals surface area contributed by atoms with Gasteiger partial charge in [-0.25, -0.2) is 0 Å². The SMILES string of the molecule is CNC(CC(=O)NCC(C)=O)C(=O)O.CNC(CC(=O)O)C(=O)NCC(C)=O.CNC1CC(=O)N(CC(C)=O)C1=O.CN[C@@H](CC(=O)NCC(C)=O)C(=O)O.CN[C@@H](CC(=O)O)C(=O)NCC(C)=O.CN[C@@H]1CC(=O)N(CC(C)=O)C1=O.CN[C@H](CC(=O)NCC(C)=O)C(=O)O.CN[C@H](CC(=O)O)C(=O)NCC(C)=O.CN[C@H]1CC(=O)N(CC(C)=O)C1=O. The first-order valence-electron chi connectivity index (χ1n) is 37.0. The van der Waals surface area contributed by atoms with Crippen molar-refractivity contribution >= 4 is 159 Å². The van der Waals surface area contributed by atoms with E-state index in [1.807, 2.05) is 0 Å². The lowest BCUT2D eigenvalue weighted by Crippen LogP contribution is -2.45. The Morgan fingerprint density at radius 2 is 0.439 bits per heavy atom. The molecule has 3 heterocycles. The van der Waals surface area contributed by atoms with Gasteiger partial charge in [-0.1, -0.05) is 0 Å². The summed E-state index contributed by atoms with van der Waals surface area (Å²) in [7, 11) is 13.7. The summed E-state index contributed by atoms with van der Waals surface area (Å²) in [5.74, 6) is -12.6. The molecule has 123 heavy (non-hydrogen) atoms. The van der Waals surface area contributed by atoms with E-state index in [-0.39, 0.29) is 204 Å². The molecule has 3 unspecified atom stereocenters. The molecule has 0 radical (unpaired) electrons. The van der Waals surface area contributed by atoms with Crippen LogP contribution in [0, 0.1) is 0 Å². The summed E-state index contributed by atoms with van der Waals surface area (Å²) < 4.78 is 0. The van der Waals surface area contributed by atoms with E-state index in [0.29, 0.717) is 0 Å². The maximum Gasteiger partial charge on any atom is 0.321 e. The van der Waals surface area contributed by atoms with Gasteiger partial charge in [-0.05, 0) is 126 Å². The van der Waals surface area contributed by atoms with Crippen LogP contribution in [0.3, 0.4) is 0 Å². The average Bonchev–Trinajstić information content (AvgIpc) is 1.71. The maximum absolute atomic E-state index is 11.4. The number of carboxylic acids is 6. The van der Waals surface area contributed by atoms with E-state index < -0.39 is 126 Å². The number of likely N-dealkylation sites (N-methyl/N-ethyl adjacent to an activating group) is 9. The molecule has 12 amide bonds. The van der Waals surface area contributed by atoms with Gasteiger partial charge in [0.05, 0.1) is 153 Å². The van der Waals surface area contributed by atoms with E-state index in [4.69, 9.17) is 30.6 Å². The summed E-state index contributed by atoms with van der Waals surface area (Å²) in [4.78, 5) is 295. The number of carbonyl (C=O) groups is 27. The summed E-state index contributed by atoms with van der Waals surface area (Å²) >= 11 is 0. The van der Waals surface area contributed by atoms with Crippen LogP contribution in [0.1, 0.15) is 120 Å². The van der Waals surface area contributed by atoms with Gasteiger partial charge in [-0.3, -0.25) is 144 Å². The zero-order chi connectivity index (χ0) is 96.9. The Morgan fingerprint density at radius 1 is 0.268 bits per heavy atom. The highest BCUT2D eigenvalue weighted by Gasteiger charge is 2.40. The molecular formula is C72H120N18O33. The van der Waals surface area contributed by atoms with Gasteiger partial charge in [0.25, 0.3) is 0 Å². The highest BCUT2D eigenvalue weighted by atomic mass is 16.4. The summed E-state index contributed by atoms with van der Waals surface area (Å²) in [6, 6.07) is -6.50. The molecule has 0 spiro atoms. The van der Waals surface area contributed by atoms with Crippen LogP contribution in [0.15, 0.2) is 0 Å². The number of Topliss-reactive ketones (excluding diaryl/α,β-unsaturated/α-hetero) is 9. The fourth-order valence-electron chi connectivity index (χ4n) is 8.78. The Morgan fingerprint density at radius 3 is 0.561 bits per heavy atom. The van der Waals surface area contributed by atoms with Gasteiger partial charge < -0.3 is 110 Å². The molecule has 3 aliphatic rings. The Labute approximate surface area is 707 Å². The molecular weight excluding hydrogens is 1640 g/mol. The van der Waals surface area contributed by atoms with Crippen molar-refractivity contribution in [2.75, 3.05) is 122 Å². The number of aliphatic carboxylic acids is 6. The molecule has 0 aromatic rings. The van der Waals surface area contributed by atoms with Gasteiger partial charge >= 0.3 is 35.8 Å². The van der Waals surface area contributed by atoms with E-state index in [0.717, 1.165) is 14.7 Å². The third-order valence-corrected chi connectivity index (χ3v) is 15.3. The predicted octanol–water partition coefficient (Wildman–Crippen LogP) is -10.7. The Bertz CT molecular complexity index is 3320. The zero-order valence-electron chi connectivity index (χ0n) is 72.0. The molecule has 51 nitrogen and oxygen atoms in total. The average molecular weight is 1770 g/mol. The molecule has 696 valence electrons. The highest BCUT2D eigenvalue weighted by molar-refractivity contribution is 6.09. The molecule has 3 aliphatic heterocycles. The van der Waals surface area contributed by atoms with Gasteiger partial charge in [-0.2, -0.15) is 0 Å². The number of carbonyl (C=O) groups excluding carboxylic acids is 21. The number of hydrogen-bond donors (Lipinski definition) is 21. The van der Waals surface area contributed by atoms with Crippen molar-refractivity contribution in [2.45, 2.75) is 174 Å². The van der Waals surface area contributed by atoms with Crippen LogP contribution in [-0.4, -0.2) is 381 Å². The number of amides is 12. The zero-order valence-corrected chi connectivity index (χ0v) is 72.0. The lowest BCUT2D eigenvalue weighted by molar-refractivity contribution is -0.142. The number of ketones is 9. The summed E-state index contributed by atoms with van der Waals surface area (Å²) in [6.45, 7) is 11.4. The van der Waals surface area contributed by atoms with E-state index in [9.17, 15) is 129 Å². The molecule has 0 aromatic carbocycles. The molecule has 21 N–H and O–H groups in total. The van der Waals surface area contributed by atoms with Crippen molar-refractivity contribution in [1.29, 1.82) is 0 Å². The van der Waals surface area contributed by atoms with Crippen LogP contribution in [0.5, 0.6) is 0 Å². The van der Waals surface area contributed by atoms with E-state index >= 15 is 0 Å². The maximum atomic E-state index is 11.4. The molecule has 3 rings (SSSR count). The number of hydrogen-bond acceptors (Lipinski definition) is 36. The minimum atomic E-state index is -1.09. The Balaban J connectivity index is -0.000000313. The molecule has 0 aromatic heterocycles. The van der Waals surface area contributed by atoms with Crippen molar-refractivity contribution in [2.24, 2.45) is 0 Å². The second-order valence-electron chi connectivity index (χ2n) is 26.4. The number of nitrogens with zero attached hydrogens (tertiary/aromatic N) is 3. The molecule has 3 fully saturated rings. The van der Waals surface area contributed by atoms with Crippen LogP contribution < -0.4 is 79.8 Å². The first-order chi connectivity index (χ1) is 57.0. The quantitative estimate of drug-likeness (QED) is 0.0252. The first-order valence-corrected chi connectivity index (χ1v) is 37.0. The monoisotopic (exact) mass is 1760 g/mol.